The Morgan fingerprint density at radius 3 is 1.26 bits per heavy atom. The van der Waals surface area contributed by atoms with Crippen LogP contribution in [0.3, 0.4) is 0 Å². The predicted octanol–water partition coefficient (Wildman–Crippen LogP) is 17.1. The Hall–Kier alpha value is -5.52. The highest BCUT2D eigenvalue weighted by Gasteiger charge is 2.73. The zero-order valence-electron chi connectivity index (χ0n) is 55.0. The van der Waals surface area contributed by atoms with Gasteiger partial charge in [-0.1, -0.05) is 140 Å². The highest BCUT2D eigenvalue weighted by atomic mass is 16.5. The highest BCUT2D eigenvalue weighted by Crippen LogP contribution is 2.80. The molecule has 2 heterocycles. The summed E-state index contributed by atoms with van der Waals surface area (Å²) in [7, 11) is 1.44. The normalized spacial score (nSPS) is 42.6. The van der Waals surface area contributed by atoms with Gasteiger partial charge in [0, 0.05) is 10.8 Å². The first kappa shape index (κ1) is 60.4. The van der Waals surface area contributed by atoms with Gasteiger partial charge in [-0.05, 0) is 278 Å². The Balaban J connectivity index is 0.000000161. The van der Waals surface area contributed by atoms with E-state index in [2.05, 4.69) is 162 Å². The van der Waals surface area contributed by atoms with Gasteiger partial charge in [-0.3, -0.25) is 0 Å². The summed E-state index contributed by atoms with van der Waals surface area (Å²) in [5.41, 5.74) is 10.6. The molecule has 2 aromatic carbocycles. The molecule has 12 nitrogen and oxygen atoms in total. The average Bonchev–Trinajstić information content (AvgIpc) is 1.02. The number of carboxylic acids is 1. The van der Waals surface area contributed by atoms with Crippen molar-refractivity contribution in [2.45, 2.75) is 209 Å². The van der Waals surface area contributed by atoms with E-state index in [0.29, 0.717) is 70.3 Å². The summed E-state index contributed by atoms with van der Waals surface area (Å²) in [4.78, 5) is 23.6. The van der Waals surface area contributed by atoms with Crippen LogP contribution in [-0.2, 0) is 15.6 Å². The first-order chi connectivity index (χ1) is 41.1. The van der Waals surface area contributed by atoms with Gasteiger partial charge < -0.3 is 9.84 Å². The fourth-order valence-corrected chi connectivity index (χ4v) is 25.7. The van der Waals surface area contributed by atoms with Crippen molar-refractivity contribution in [1.29, 1.82) is 0 Å². The maximum Gasteiger partial charge on any atom is 0.337 e. The third-order valence-electron chi connectivity index (χ3n) is 29.9. The molecule has 87 heavy (non-hydrogen) atoms. The number of carbonyl (C=O) groups excluding carboxylic acids is 1. The Morgan fingerprint density at radius 1 is 0.506 bits per heavy atom. The molecule has 14 rings (SSSR count). The van der Waals surface area contributed by atoms with E-state index in [-0.39, 0.29) is 60.1 Å². The molecule has 0 amide bonds. The van der Waals surface area contributed by atoms with Crippen LogP contribution in [0, 0.1) is 102 Å². The number of hydrogen-bond acceptors (Lipinski definition) is 9. The number of aromatic carboxylic acids is 1. The lowest BCUT2D eigenvalue weighted by Gasteiger charge is -2.72. The van der Waals surface area contributed by atoms with Crippen LogP contribution < -0.4 is 0 Å². The van der Waals surface area contributed by atoms with Crippen LogP contribution >= 0.6 is 0 Å². The summed E-state index contributed by atoms with van der Waals surface area (Å²) < 4.78 is 4.95. The van der Waals surface area contributed by atoms with Crippen molar-refractivity contribution in [2.24, 2.45) is 102 Å². The molecule has 466 valence electrons. The van der Waals surface area contributed by atoms with Crippen molar-refractivity contribution in [1.82, 2.24) is 41.2 Å². The molecular weight excluding hydrogens is 1080 g/mol. The number of allylic oxidation sites excluding steroid dienone is 6. The topological polar surface area (TPSA) is 173 Å². The lowest BCUT2D eigenvalue weighted by atomic mass is 9.32. The van der Waals surface area contributed by atoms with Gasteiger partial charge in [0.2, 0.25) is 0 Å². The number of aromatic nitrogens is 8. The smallest absolute Gasteiger partial charge is 0.337 e. The molecule has 0 spiro atoms. The van der Waals surface area contributed by atoms with Crippen molar-refractivity contribution in [3.8, 4) is 0 Å². The maximum absolute atomic E-state index is 12.1. The van der Waals surface area contributed by atoms with Crippen LogP contribution in [0.25, 0.3) is 11.1 Å². The third kappa shape index (κ3) is 8.29. The Kier molecular flexibility index (Phi) is 14.2. The summed E-state index contributed by atoms with van der Waals surface area (Å²) >= 11 is 0. The minimum atomic E-state index is -0.865. The number of esters is 1. The van der Waals surface area contributed by atoms with Crippen molar-refractivity contribution in [3.05, 3.63) is 119 Å². The predicted molar refractivity (Wildman–Crippen MR) is 343 cm³/mol. The van der Waals surface area contributed by atoms with Gasteiger partial charge >= 0.3 is 11.9 Å². The number of tetrazole rings is 2. The first-order valence-corrected chi connectivity index (χ1v) is 33.9. The molecule has 0 aliphatic heterocycles. The number of nitrogens with zero attached hydrogens (tertiary/aromatic N) is 6. The van der Waals surface area contributed by atoms with E-state index < -0.39 is 5.97 Å². The Labute approximate surface area is 519 Å². The monoisotopic (exact) mass is 1180 g/mol. The minimum Gasteiger partial charge on any atom is -0.478 e. The molecule has 4 aromatic rings. The van der Waals surface area contributed by atoms with Crippen LogP contribution in [0.1, 0.15) is 242 Å². The van der Waals surface area contributed by atoms with Crippen LogP contribution in [0.4, 0.5) is 0 Å². The van der Waals surface area contributed by atoms with Crippen molar-refractivity contribution in [2.75, 3.05) is 7.11 Å². The zero-order chi connectivity index (χ0) is 61.9. The number of carboxylic acid groups (broad SMARTS) is 1. The molecule has 2 aromatic heterocycles. The number of nitrogens with one attached hydrogen (secondary N) is 2. The average molecular weight is 1180 g/mol. The van der Waals surface area contributed by atoms with Crippen LogP contribution in [0.2, 0.25) is 0 Å². The van der Waals surface area contributed by atoms with Crippen LogP contribution in [0.5, 0.6) is 0 Å². The molecular formula is C75H102N8O4. The maximum atomic E-state index is 12.1. The van der Waals surface area contributed by atoms with E-state index in [1.165, 1.54) is 118 Å². The number of ether oxygens (including phenoxy) is 1. The van der Waals surface area contributed by atoms with Crippen molar-refractivity contribution in [3.63, 3.8) is 0 Å². The Bertz CT molecular complexity index is 3420. The molecule has 3 N–H and O–H groups in total. The van der Waals surface area contributed by atoms with Gasteiger partial charge in [0.25, 0.3) is 0 Å². The second-order valence-corrected chi connectivity index (χ2v) is 33.2. The second-order valence-electron chi connectivity index (χ2n) is 33.2. The van der Waals surface area contributed by atoms with Gasteiger partial charge in [-0.2, -0.15) is 10.4 Å². The van der Waals surface area contributed by atoms with E-state index in [0.717, 1.165) is 50.2 Å². The number of benzene rings is 2. The van der Waals surface area contributed by atoms with Gasteiger partial charge in [0.05, 0.1) is 18.2 Å². The number of methoxy groups -OCH3 is 1. The minimum absolute atomic E-state index is 0.0196. The molecule has 10 aliphatic rings. The summed E-state index contributed by atoms with van der Waals surface area (Å²) in [6.07, 6.45) is 27.1. The van der Waals surface area contributed by atoms with Crippen molar-refractivity contribution >= 4 is 23.1 Å². The number of fused-ring (bicyclic) bond motifs is 14. The number of aromatic amines is 2. The molecule has 18 atom stereocenters. The SMILES string of the molecule is C=C(C)[C@@H]1CC[C@]2(c3nn[nH]n3)CC[C@]3(C)[C@H](CC[C@@H]4[C@@]5(C)CC=C(c6ccc(C(=O)O)cc6)C(C)(C)[C@@H]5CC[C@]43C)[C@@H]12.C=C(C)[C@@H]1CC[C@]2(c3nn[nH]n3)CC[C@]3(C)[C@H](CC[C@@H]4[C@@]5(C)CC=C(c6ccc(C(=O)OC)cc6)C(C)(C)[C@@H]5CC[C@]43C)[C@@H]12. The molecule has 0 bridgehead atoms. The fraction of sp³-hybridized carbons (Fsp3) is 0.680. The lowest BCUT2D eigenvalue weighted by Crippen LogP contribution is -2.65. The number of carbonyl (C=O) groups is 2. The van der Waals surface area contributed by atoms with Gasteiger partial charge in [0.15, 0.2) is 11.6 Å². The molecule has 0 unspecified atom stereocenters. The Morgan fingerprint density at radius 2 is 0.908 bits per heavy atom. The number of rotatable bonds is 8. The highest BCUT2D eigenvalue weighted by molar-refractivity contribution is 5.90. The largest absolute Gasteiger partial charge is 0.478 e. The van der Waals surface area contributed by atoms with E-state index in [9.17, 15) is 14.7 Å². The van der Waals surface area contributed by atoms with E-state index >= 15 is 0 Å². The number of H-pyrrole nitrogens is 2. The molecule has 8 fully saturated rings. The fourth-order valence-electron chi connectivity index (χ4n) is 25.7. The van der Waals surface area contributed by atoms with Gasteiger partial charge in [-0.25, -0.2) is 9.59 Å². The zero-order valence-corrected chi connectivity index (χ0v) is 55.0. The summed E-state index contributed by atoms with van der Waals surface area (Å²) in [5.74, 6) is 6.78. The van der Waals surface area contributed by atoms with Crippen LogP contribution in [-0.4, -0.2) is 65.4 Å². The van der Waals surface area contributed by atoms with Crippen LogP contribution in [0.15, 0.2) is 85.0 Å². The lowest BCUT2D eigenvalue weighted by molar-refractivity contribution is -0.218. The van der Waals surface area contributed by atoms with Gasteiger partial charge in [-0.15, -0.1) is 20.4 Å². The summed E-state index contributed by atoms with van der Waals surface area (Å²) in [5, 5.41) is 41.7. The van der Waals surface area contributed by atoms with E-state index in [4.69, 9.17) is 4.74 Å². The quantitative estimate of drug-likeness (QED) is 0.114. The van der Waals surface area contributed by atoms with E-state index in [1.807, 2.05) is 24.3 Å². The molecule has 10 aliphatic carbocycles. The standard InChI is InChI=1S/C38H52N4O2.C37H50N4O2/c1-23(2)26-15-20-38(33-39-41-42-40-33)22-21-36(6)28(31(26)38)13-14-30-35(5)18-16-27(24-9-11-25(12-10-24)32(43)44-8)34(3,4)29(35)17-19-37(30,36)7;1-22(2)25-14-19-37(32-38-40-41-39-32)21-20-35(6)27(30(25)37)12-13-29-34(5)17-15-26(23-8-10-24(11-9-23)31(42)43)33(3,4)28(34)16-18-36(29,35)7/h9-12,16,26,28-31H,1,13-15,17-22H2,2-8H3,(H,39,40,41,42);8-11,15,25,27-30H,1,12-14,16-21H2,2-7H3,(H,42,43)(H,38,39,40,41)/t26-,28+,29-,30+,31+,35-,36+,37+,38-;25-,27+,28-,29+,30+,34-,35+,36+,37-/m00/s1. The molecule has 8 saturated carbocycles. The summed E-state index contributed by atoms with van der Waals surface area (Å²) in [6, 6.07) is 15.7. The first-order valence-electron chi connectivity index (χ1n) is 33.9. The third-order valence-corrected chi connectivity index (χ3v) is 29.9. The molecule has 0 saturated heterocycles. The molecule has 12 heteroatoms. The molecule has 0 radical (unpaired) electrons. The van der Waals surface area contributed by atoms with E-state index in [1.54, 1.807) is 12.1 Å². The van der Waals surface area contributed by atoms with Crippen molar-refractivity contribution < 1.29 is 19.4 Å². The summed E-state index contributed by atoms with van der Waals surface area (Å²) in [6.45, 7) is 39.5. The number of hydrogen-bond donors (Lipinski definition) is 3. The van der Waals surface area contributed by atoms with Gasteiger partial charge in [0.1, 0.15) is 0 Å². The second kappa shape index (κ2) is 20.5.